The number of hydrogen-bond donors (Lipinski definition) is 1. The number of carboxylic acid groups (broad SMARTS) is 1. The molecule has 25 heavy (non-hydrogen) atoms. The molecule has 0 saturated carbocycles. The van der Waals surface area contributed by atoms with Crippen LogP contribution in [0.5, 0.6) is 0 Å². The summed E-state index contributed by atoms with van der Waals surface area (Å²) in [4.78, 5) is 22.4. The second-order valence-corrected chi connectivity index (χ2v) is 7.11. The predicted molar refractivity (Wildman–Crippen MR) is 87.8 cm³/mol. The number of aryl methyl sites for hydroxylation is 1. The molecule has 0 aliphatic carbocycles. The van der Waals surface area contributed by atoms with Crippen molar-refractivity contribution in [2.45, 2.75) is 11.8 Å². The summed E-state index contributed by atoms with van der Waals surface area (Å²) in [6.45, 7) is 1.47. The van der Waals surface area contributed by atoms with E-state index in [1.54, 1.807) is 0 Å². The number of aromatic carboxylic acids is 1. The van der Waals surface area contributed by atoms with Gasteiger partial charge in [0.25, 0.3) is 10.0 Å². The molecule has 1 aromatic heterocycles. The Balaban J connectivity index is 2.04. The van der Waals surface area contributed by atoms with Crippen molar-refractivity contribution < 1.29 is 22.7 Å². The molecule has 0 radical (unpaired) electrons. The molecule has 130 valence electrons. The number of nitrogens with zero attached hydrogens (tertiary/aromatic N) is 1. The maximum Gasteiger partial charge on any atom is 0.419 e. The molecule has 2 aromatic carbocycles. The van der Waals surface area contributed by atoms with Gasteiger partial charge in [0.1, 0.15) is 0 Å². The minimum Gasteiger partial charge on any atom is -0.545 e. The van der Waals surface area contributed by atoms with Crippen molar-refractivity contribution in [2.24, 2.45) is 7.05 Å². The first-order chi connectivity index (χ1) is 11.7. The number of anilines is 1. The summed E-state index contributed by atoms with van der Waals surface area (Å²) in [6.07, 6.45) is 0. The van der Waals surface area contributed by atoms with E-state index in [1.165, 1.54) is 54.9 Å². The zero-order chi connectivity index (χ0) is 18.4. The van der Waals surface area contributed by atoms with Crippen LogP contribution in [0.1, 0.15) is 15.9 Å². The Bertz CT molecular complexity index is 1160. The van der Waals surface area contributed by atoms with Crippen molar-refractivity contribution in [3.05, 3.63) is 58.1 Å². The van der Waals surface area contributed by atoms with E-state index in [4.69, 9.17) is 4.42 Å². The van der Waals surface area contributed by atoms with Crippen LogP contribution in [0.2, 0.25) is 0 Å². The van der Waals surface area contributed by atoms with Crippen LogP contribution in [0.25, 0.3) is 11.1 Å². The molecule has 0 aliphatic heterocycles. The quantitative estimate of drug-likeness (QED) is 0.726. The number of carboxylic acids is 1. The topological polar surface area (TPSA) is 121 Å². The second-order valence-electron chi connectivity index (χ2n) is 5.43. The average molecular weight is 361 g/mol. The van der Waals surface area contributed by atoms with Crippen molar-refractivity contribution in [1.82, 2.24) is 4.57 Å². The summed E-state index contributed by atoms with van der Waals surface area (Å²) < 4.78 is 33.7. The normalized spacial score (nSPS) is 11.6. The molecule has 8 nitrogen and oxygen atoms in total. The first-order valence-corrected chi connectivity index (χ1v) is 8.62. The molecule has 1 N–H and O–H groups in total. The van der Waals surface area contributed by atoms with Crippen LogP contribution in [-0.4, -0.2) is 19.0 Å². The predicted octanol–water partition coefficient (Wildman–Crippen LogP) is 0.604. The maximum absolute atomic E-state index is 12.6. The summed E-state index contributed by atoms with van der Waals surface area (Å²) in [5.74, 6) is -2.00. The van der Waals surface area contributed by atoms with Crippen LogP contribution in [0.3, 0.4) is 0 Å². The van der Waals surface area contributed by atoms with Crippen molar-refractivity contribution in [1.29, 1.82) is 0 Å². The van der Waals surface area contributed by atoms with Gasteiger partial charge in [-0.15, -0.1) is 0 Å². The number of aromatic nitrogens is 1. The highest BCUT2D eigenvalue weighted by atomic mass is 32.2. The van der Waals surface area contributed by atoms with Gasteiger partial charge in [-0.2, -0.15) is 0 Å². The summed E-state index contributed by atoms with van der Waals surface area (Å²) >= 11 is 0. The molecule has 1 heterocycles. The van der Waals surface area contributed by atoms with E-state index in [0.717, 1.165) is 0 Å². The molecular weight excluding hydrogens is 348 g/mol. The largest absolute Gasteiger partial charge is 0.545 e. The van der Waals surface area contributed by atoms with E-state index < -0.39 is 21.7 Å². The van der Waals surface area contributed by atoms with Crippen LogP contribution >= 0.6 is 0 Å². The Kier molecular flexibility index (Phi) is 3.88. The lowest BCUT2D eigenvalue weighted by Crippen LogP contribution is -2.24. The van der Waals surface area contributed by atoms with Gasteiger partial charge in [-0.05, 0) is 30.7 Å². The monoisotopic (exact) mass is 361 g/mol. The van der Waals surface area contributed by atoms with Gasteiger partial charge < -0.3 is 14.3 Å². The lowest BCUT2D eigenvalue weighted by molar-refractivity contribution is -0.255. The third kappa shape index (κ3) is 2.89. The summed E-state index contributed by atoms with van der Waals surface area (Å²) in [5.41, 5.74) is 0.842. The maximum atomic E-state index is 12.6. The molecule has 0 fully saturated rings. The molecule has 3 aromatic rings. The smallest absolute Gasteiger partial charge is 0.419 e. The SMILES string of the molecule is Cc1c(NS(=O)(=O)c2ccc3c(c2)oc(=O)n3C)cccc1C(=O)[O-]. The second kappa shape index (κ2) is 5.78. The van der Waals surface area contributed by atoms with Crippen molar-refractivity contribution in [3.8, 4) is 0 Å². The number of benzene rings is 2. The third-order valence-corrected chi connectivity index (χ3v) is 5.24. The van der Waals surface area contributed by atoms with Gasteiger partial charge in [-0.25, -0.2) is 13.2 Å². The minimum atomic E-state index is -4.01. The standard InChI is InChI=1S/C16H14N2O6S/c1-9-11(15(19)20)4-3-5-12(9)17-25(22,23)10-6-7-13-14(8-10)24-16(21)18(13)2/h3-8,17H,1-2H3,(H,19,20)/p-1. The highest BCUT2D eigenvalue weighted by molar-refractivity contribution is 7.92. The number of sulfonamides is 1. The van der Waals surface area contributed by atoms with Crippen LogP contribution in [0.15, 0.2) is 50.5 Å². The van der Waals surface area contributed by atoms with E-state index in [1.807, 2.05) is 0 Å². The van der Waals surface area contributed by atoms with Crippen molar-refractivity contribution in [2.75, 3.05) is 4.72 Å². The van der Waals surface area contributed by atoms with Gasteiger partial charge in [0.05, 0.1) is 22.1 Å². The number of rotatable bonds is 4. The fourth-order valence-electron chi connectivity index (χ4n) is 2.45. The summed E-state index contributed by atoms with van der Waals surface area (Å²) in [7, 11) is -2.50. The molecule has 0 unspecified atom stereocenters. The first-order valence-electron chi connectivity index (χ1n) is 7.14. The van der Waals surface area contributed by atoms with Crippen LogP contribution in [-0.2, 0) is 17.1 Å². The number of hydrogen-bond acceptors (Lipinski definition) is 6. The summed E-state index contributed by atoms with van der Waals surface area (Å²) in [5, 5.41) is 11.1. The molecule has 0 aliphatic rings. The zero-order valence-electron chi connectivity index (χ0n) is 13.3. The number of carbonyl (C=O) groups is 1. The highest BCUT2D eigenvalue weighted by Gasteiger charge is 2.18. The molecule has 0 amide bonds. The Morgan fingerprint density at radius 3 is 2.64 bits per heavy atom. The highest BCUT2D eigenvalue weighted by Crippen LogP contribution is 2.24. The van der Waals surface area contributed by atoms with E-state index >= 15 is 0 Å². The Hall–Kier alpha value is -3.07. The Labute approximate surface area is 142 Å². The number of oxazole rings is 1. The molecular formula is C16H13N2O6S-. The lowest BCUT2D eigenvalue weighted by atomic mass is 10.1. The van der Waals surface area contributed by atoms with Gasteiger partial charge in [0.2, 0.25) is 0 Å². The number of fused-ring (bicyclic) bond motifs is 1. The minimum absolute atomic E-state index is 0.107. The van der Waals surface area contributed by atoms with Crippen LogP contribution < -0.4 is 15.6 Å². The van der Waals surface area contributed by atoms with E-state index in [9.17, 15) is 23.1 Å². The van der Waals surface area contributed by atoms with Crippen molar-refractivity contribution >= 4 is 32.8 Å². The molecule has 0 saturated heterocycles. The fourth-order valence-corrected chi connectivity index (χ4v) is 3.59. The molecule has 3 rings (SSSR count). The molecule has 9 heteroatoms. The fraction of sp³-hybridized carbons (Fsp3) is 0.125. The third-order valence-electron chi connectivity index (χ3n) is 3.87. The Morgan fingerprint density at radius 2 is 1.96 bits per heavy atom. The van der Waals surface area contributed by atoms with E-state index in [0.29, 0.717) is 5.52 Å². The van der Waals surface area contributed by atoms with E-state index in [-0.39, 0.29) is 27.3 Å². The van der Waals surface area contributed by atoms with E-state index in [2.05, 4.69) is 4.72 Å². The van der Waals surface area contributed by atoms with Gasteiger partial charge in [0.15, 0.2) is 5.58 Å². The molecule has 0 atom stereocenters. The summed E-state index contributed by atoms with van der Waals surface area (Å²) in [6, 6.07) is 8.21. The first kappa shape index (κ1) is 16.8. The van der Waals surface area contributed by atoms with Gasteiger partial charge >= 0.3 is 5.76 Å². The van der Waals surface area contributed by atoms with Gasteiger partial charge in [-0.1, -0.05) is 12.1 Å². The molecule has 0 spiro atoms. The Morgan fingerprint density at radius 1 is 1.24 bits per heavy atom. The average Bonchev–Trinajstić information content (AvgIpc) is 2.83. The van der Waals surface area contributed by atoms with Crippen LogP contribution in [0.4, 0.5) is 5.69 Å². The molecule has 0 bridgehead atoms. The van der Waals surface area contributed by atoms with Gasteiger partial charge in [0, 0.05) is 18.7 Å². The van der Waals surface area contributed by atoms with Crippen molar-refractivity contribution in [3.63, 3.8) is 0 Å². The number of nitrogens with one attached hydrogen (secondary N) is 1. The van der Waals surface area contributed by atoms with Crippen LogP contribution in [0, 0.1) is 6.92 Å². The number of carbonyl (C=O) groups excluding carboxylic acids is 1. The van der Waals surface area contributed by atoms with Gasteiger partial charge in [-0.3, -0.25) is 9.29 Å². The lowest BCUT2D eigenvalue weighted by Gasteiger charge is -2.14. The zero-order valence-corrected chi connectivity index (χ0v) is 14.1.